The molecule has 0 spiro atoms. The van der Waals surface area contributed by atoms with Crippen LogP contribution in [-0.4, -0.2) is 11.2 Å². The number of hydrogen-bond acceptors (Lipinski definition) is 1. The molecule has 1 atom stereocenters. The smallest absolute Gasteiger partial charge is 0.189 e. The molecule has 0 radical (unpaired) electrons. The van der Waals surface area contributed by atoms with E-state index in [9.17, 15) is 4.79 Å². The van der Waals surface area contributed by atoms with E-state index in [1.165, 1.54) is 0 Å². The Hall–Kier alpha value is 0.950. The number of alkyl halides is 1. The largest absolute Gasteiger partial charge is 0.292 e. The van der Waals surface area contributed by atoms with Gasteiger partial charge < -0.3 is 0 Å². The zero-order valence-electron chi connectivity index (χ0n) is 7.12. The number of carbonyl (C=O) groups is 1. The highest BCUT2D eigenvalue weighted by molar-refractivity contribution is 9.14. The predicted molar refractivity (Wildman–Crippen MR) is 64.9 cm³/mol. The highest BCUT2D eigenvalue weighted by Gasteiger charge is 2.19. The summed E-state index contributed by atoms with van der Waals surface area (Å²) in [7, 11) is 0. The van der Waals surface area contributed by atoms with E-state index in [-0.39, 0.29) is 9.72 Å². The summed E-state index contributed by atoms with van der Waals surface area (Å²) >= 11 is 17.5. The Bertz CT molecular complexity index is 212. The summed E-state index contributed by atoms with van der Waals surface area (Å²) in [5.74, 6) is -0.169. The topological polar surface area (TPSA) is 17.1 Å². The van der Waals surface area contributed by atoms with Gasteiger partial charge in [0.2, 0.25) is 0 Å². The zero-order valence-corrected chi connectivity index (χ0v) is 11.8. The standard InChI is InChI=1S/C8H10Br2Cl2O/c1-2-3-4-5(11)7(13)6(9)8(10)12/h5H,2-4H2,1H3/b8-6-. The number of halogens is 4. The lowest BCUT2D eigenvalue weighted by Crippen LogP contribution is -2.14. The minimum absolute atomic E-state index is 0.169. The molecule has 0 aromatic carbocycles. The summed E-state index contributed by atoms with van der Waals surface area (Å²) in [6, 6.07) is 0. The maximum atomic E-state index is 11.4. The molecule has 0 N–H and O–H groups in total. The average Bonchev–Trinajstić information content (AvgIpc) is 2.11. The summed E-state index contributed by atoms with van der Waals surface area (Å²) < 4.78 is 0.574. The van der Waals surface area contributed by atoms with Crippen molar-refractivity contribution in [1.29, 1.82) is 0 Å². The van der Waals surface area contributed by atoms with Gasteiger partial charge in [0.25, 0.3) is 0 Å². The quantitative estimate of drug-likeness (QED) is 0.524. The lowest BCUT2D eigenvalue weighted by Gasteiger charge is -2.06. The first-order chi connectivity index (χ1) is 6.00. The molecule has 0 aliphatic heterocycles. The van der Waals surface area contributed by atoms with Crippen molar-refractivity contribution < 1.29 is 4.79 Å². The Morgan fingerprint density at radius 2 is 2.00 bits per heavy atom. The average molecular weight is 353 g/mol. The maximum absolute atomic E-state index is 11.4. The molecule has 0 bridgehead atoms. The fourth-order valence-electron chi connectivity index (χ4n) is 0.745. The lowest BCUT2D eigenvalue weighted by atomic mass is 10.1. The van der Waals surface area contributed by atoms with Crippen molar-refractivity contribution in [2.75, 3.05) is 0 Å². The summed E-state index contributed by atoms with van der Waals surface area (Å²) in [6.07, 6.45) is 2.66. The van der Waals surface area contributed by atoms with Crippen LogP contribution in [-0.2, 0) is 4.79 Å². The molecule has 0 aromatic rings. The first kappa shape index (κ1) is 13.9. The Labute approximate surface area is 105 Å². The van der Waals surface area contributed by atoms with Gasteiger partial charge in [0.15, 0.2) is 5.78 Å². The van der Waals surface area contributed by atoms with Gasteiger partial charge in [-0.1, -0.05) is 31.4 Å². The van der Waals surface area contributed by atoms with E-state index in [0.29, 0.717) is 10.9 Å². The molecule has 0 aliphatic carbocycles. The van der Waals surface area contributed by atoms with E-state index in [4.69, 9.17) is 23.2 Å². The minimum atomic E-state index is -0.486. The van der Waals surface area contributed by atoms with Crippen LogP contribution in [0.3, 0.4) is 0 Å². The van der Waals surface area contributed by atoms with Gasteiger partial charge in [0.05, 0.1) is 9.86 Å². The number of allylic oxidation sites excluding steroid dienone is 1. The van der Waals surface area contributed by atoms with Gasteiger partial charge >= 0.3 is 0 Å². The number of rotatable bonds is 5. The number of carbonyl (C=O) groups excluding carboxylic acids is 1. The van der Waals surface area contributed by atoms with Crippen LogP contribution in [0, 0.1) is 0 Å². The van der Waals surface area contributed by atoms with Crippen molar-refractivity contribution >= 4 is 60.8 Å². The minimum Gasteiger partial charge on any atom is -0.292 e. The van der Waals surface area contributed by atoms with Gasteiger partial charge in [0, 0.05) is 0 Å². The Kier molecular flexibility index (Phi) is 7.80. The molecule has 0 aromatic heterocycles. The normalized spacial score (nSPS) is 15.2. The van der Waals surface area contributed by atoms with Gasteiger partial charge in [-0.25, -0.2) is 0 Å². The molecule has 0 heterocycles. The molecular formula is C8H10Br2Cl2O. The number of ketones is 1. The lowest BCUT2D eigenvalue weighted by molar-refractivity contribution is -0.114. The van der Waals surface area contributed by atoms with Crippen LogP contribution in [0.2, 0.25) is 0 Å². The molecule has 0 saturated carbocycles. The van der Waals surface area contributed by atoms with Crippen molar-refractivity contribution in [3.05, 3.63) is 8.42 Å². The molecule has 0 aliphatic rings. The van der Waals surface area contributed by atoms with Crippen molar-refractivity contribution in [2.24, 2.45) is 0 Å². The van der Waals surface area contributed by atoms with Crippen molar-refractivity contribution in [2.45, 2.75) is 31.6 Å². The van der Waals surface area contributed by atoms with Crippen LogP contribution in [0.4, 0.5) is 0 Å². The molecule has 1 nitrogen and oxygen atoms in total. The number of unbranched alkanes of at least 4 members (excludes halogenated alkanes) is 1. The predicted octanol–water partition coefficient (Wildman–Crippen LogP) is 4.55. The van der Waals surface area contributed by atoms with Gasteiger partial charge in [-0.15, -0.1) is 11.6 Å². The maximum Gasteiger partial charge on any atom is 0.189 e. The van der Waals surface area contributed by atoms with Crippen LogP contribution in [0.1, 0.15) is 26.2 Å². The molecule has 13 heavy (non-hydrogen) atoms. The first-order valence-corrected chi connectivity index (χ1v) is 6.29. The Morgan fingerprint density at radius 3 is 2.38 bits per heavy atom. The van der Waals surface area contributed by atoms with Crippen LogP contribution in [0.15, 0.2) is 8.42 Å². The third-order valence-corrected chi connectivity index (χ3v) is 4.03. The second-order valence-electron chi connectivity index (χ2n) is 2.55. The highest BCUT2D eigenvalue weighted by atomic mass is 79.9. The fourth-order valence-corrected chi connectivity index (χ4v) is 1.71. The van der Waals surface area contributed by atoms with Crippen molar-refractivity contribution in [3.63, 3.8) is 0 Å². The van der Waals surface area contributed by atoms with Crippen LogP contribution < -0.4 is 0 Å². The van der Waals surface area contributed by atoms with E-state index >= 15 is 0 Å². The highest BCUT2D eigenvalue weighted by Crippen LogP contribution is 2.26. The van der Waals surface area contributed by atoms with Crippen molar-refractivity contribution in [3.8, 4) is 0 Å². The molecule has 5 heteroatoms. The first-order valence-electron chi connectivity index (χ1n) is 3.89. The molecule has 0 fully saturated rings. The van der Waals surface area contributed by atoms with Gasteiger partial charge in [-0.3, -0.25) is 4.79 Å². The second-order valence-corrected chi connectivity index (χ2v) is 5.50. The van der Waals surface area contributed by atoms with E-state index in [1.54, 1.807) is 0 Å². The summed E-state index contributed by atoms with van der Waals surface area (Å²) in [6.45, 7) is 2.05. The summed E-state index contributed by atoms with van der Waals surface area (Å²) in [4.78, 5) is 11.4. The molecule has 0 rings (SSSR count). The number of hydrogen-bond donors (Lipinski definition) is 0. The van der Waals surface area contributed by atoms with E-state index in [0.717, 1.165) is 12.8 Å². The SMILES string of the molecule is CCCCC(Cl)C(=O)/C(Br)=C(/Cl)Br. The third kappa shape index (κ3) is 5.40. The van der Waals surface area contributed by atoms with E-state index < -0.39 is 5.38 Å². The molecule has 0 amide bonds. The van der Waals surface area contributed by atoms with Crippen molar-refractivity contribution in [1.82, 2.24) is 0 Å². The van der Waals surface area contributed by atoms with Crippen LogP contribution >= 0.6 is 55.1 Å². The van der Waals surface area contributed by atoms with E-state index in [2.05, 4.69) is 38.8 Å². The van der Waals surface area contributed by atoms with Crippen LogP contribution in [0.5, 0.6) is 0 Å². The number of Topliss-reactive ketones (excluding diaryl/α,β-unsaturated/α-hetero) is 1. The van der Waals surface area contributed by atoms with E-state index in [1.807, 2.05) is 0 Å². The third-order valence-electron chi connectivity index (χ3n) is 1.48. The second kappa shape index (κ2) is 7.27. The Balaban J connectivity index is 4.19. The zero-order chi connectivity index (χ0) is 10.4. The molecular weight excluding hydrogens is 343 g/mol. The fraction of sp³-hybridized carbons (Fsp3) is 0.625. The summed E-state index contributed by atoms with van der Waals surface area (Å²) in [5, 5.41) is -0.486. The monoisotopic (exact) mass is 350 g/mol. The van der Waals surface area contributed by atoms with Gasteiger partial charge in [-0.05, 0) is 38.3 Å². The van der Waals surface area contributed by atoms with Gasteiger partial charge in [0.1, 0.15) is 3.94 Å². The molecule has 1 unspecified atom stereocenters. The molecule has 76 valence electrons. The molecule has 0 saturated heterocycles. The van der Waals surface area contributed by atoms with Gasteiger partial charge in [-0.2, -0.15) is 0 Å². The summed E-state index contributed by atoms with van der Waals surface area (Å²) in [5.41, 5.74) is 0. The Morgan fingerprint density at radius 1 is 1.46 bits per heavy atom. The van der Waals surface area contributed by atoms with Crippen LogP contribution in [0.25, 0.3) is 0 Å².